The zero-order valence-corrected chi connectivity index (χ0v) is 12.9. The summed E-state index contributed by atoms with van der Waals surface area (Å²) in [5, 5.41) is 9.05. The summed E-state index contributed by atoms with van der Waals surface area (Å²) >= 11 is 0. The smallest absolute Gasteiger partial charge is 0.335 e. The maximum Gasteiger partial charge on any atom is 0.335 e. The van der Waals surface area contributed by atoms with E-state index in [0.29, 0.717) is 12.2 Å². The van der Waals surface area contributed by atoms with Gasteiger partial charge in [-0.15, -0.1) is 0 Å². The number of anilines is 1. The molecule has 2 aromatic carbocycles. The van der Waals surface area contributed by atoms with Crippen molar-refractivity contribution in [3.05, 3.63) is 84.1 Å². The fraction of sp³-hybridized carbons (Fsp3) is 0.0526. The minimum absolute atomic E-state index is 0.234. The molecule has 5 heteroatoms. The zero-order chi connectivity index (χ0) is 16.8. The monoisotopic (exact) mass is 319 g/mol. The van der Waals surface area contributed by atoms with Gasteiger partial charge in [0.1, 0.15) is 0 Å². The SMILES string of the molecule is O=C(O)c1ccnc(-c2ccc(CNNc3ccccc3)cc2)c1. The third-order valence-corrected chi connectivity index (χ3v) is 3.56. The van der Waals surface area contributed by atoms with Gasteiger partial charge in [-0.1, -0.05) is 42.5 Å². The summed E-state index contributed by atoms with van der Waals surface area (Å²) in [6.45, 7) is 0.664. The Balaban J connectivity index is 1.63. The first-order valence-electron chi connectivity index (χ1n) is 7.55. The van der Waals surface area contributed by atoms with Crippen LogP contribution in [0, 0.1) is 0 Å². The molecule has 0 amide bonds. The van der Waals surface area contributed by atoms with E-state index in [9.17, 15) is 4.79 Å². The van der Waals surface area contributed by atoms with Crippen LogP contribution in [0.1, 0.15) is 15.9 Å². The van der Waals surface area contributed by atoms with Crippen LogP contribution in [0.2, 0.25) is 0 Å². The van der Waals surface area contributed by atoms with E-state index in [2.05, 4.69) is 15.8 Å². The van der Waals surface area contributed by atoms with Crippen molar-refractivity contribution in [1.82, 2.24) is 10.4 Å². The Hall–Kier alpha value is -3.18. The number of aromatic carboxylic acids is 1. The Morgan fingerprint density at radius 1 is 1.00 bits per heavy atom. The number of aromatic nitrogens is 1. The molecule has 120 valence electrons. The molecule has 0 bridgehead atoms. The molecule has 3 N–H and O–H groups in total. The normalized spacial score (nSPS) is 10.3. The molecule has 0 aliphatic rings. The highest BCUT2D eigenvalue weighted by Gasteiger charge is 2.06. The second-order valence-corrected chi connectivity index (χ2v) is 5.28. The maximum absolute atomic E-state index is 11.0. The number of hydrogen-bond acceptors (Lipinski definition) is 4. The molecule has 5 nitrogen and oxygen atoms in total. The average Bonchev–Trinajstić information content (AvgIpc) is 2.63. The minimum Gasteiger partial charge on any atom is -0.478 e. The highest BCUT2D eigenvalue weighted by atomic mass is 16.4. The standard InChI is InChI=1S/C19H17N3O2/c23-19(24)16-10-11-20-18(12-16)15-8-6-14(7-9-15)13-21-22-17-4-2-1-3-5-17/h1-12,21-22H,13H2,(H,23,24). The molecule has 3 aromatic rings. The number of hydrogen-bond donors (Lipinski definition) is 3. The van der Waals surface area contributed by atoms with E-state index in [1.165, 1.54) is 12.3 Å². The second kappa shape index (κ2) is 7.39. The van der Waals surface area contributed by atoms with E-state index < -0.39 is 5.97 Å². The molecular weight excluding hydrogens is 302 g/mol. The largest absolute Gasteiger partial charge is 0.478 e. The van der Waals surface area contributed by atoms with Crippen LogP contribution in [0.25, 0.3) is 11.3 Å². The molecule has 0 aliphatic heterocycles. The molecule has 1 aromatic heterocycles. The van der Waals surface area contributed by atoms with Crippen LogP contribution in [-0.4, -0.2) is 16.1 Å². The van der Waals surface area contributed by atoms with Crippen LogP contribution in [0.5, 0.6) is 0 Å². The van der Waals surface area contributed by atoms with Crippen LogP contribution in [0.4, 0.5) is 5.69 Å². The lowest BCUT2D eigenvalue weighted by Crippen LogP contribution is -2.20. The summed E-state index contributed by atoms with van der Waals surface area (Å²) < 4.78 is 0. The summed E-state index contributed by atoms with van der Waals surface area (Å²) in [6.07, 6.45) is 1.51. The fourth-order valence-corrected chi connectivity index (χ4v) is 2.28. The van der Waals surface area contributed by atoms with Crippen LogP contribution in [0.3, 0.4) is 0 Å². The van der Waals surface area contributed by atoms with Crippen molar-refractivity contribution in [2.45, 2.75) is 6.54 Å². The van der Waals surface area contributed by atoms with E-state index in [0.717, 1.165) is 16.8 Å². The van der Waals surface area contributed by atoms with Gasteiger partial charge in [-0.25, -0.2) is 10.2 Å². The highest BCUT2D eigenvalue weighted by Crippen LogP contribution is 2.18. The summed E-state index contributed by atoms with van der Waals surface area (Å²) in [4.78, 5) is 15.3. The van der Waals surface area contributed by atoms with Crippen molar-refractivity contribution in [2.75, 3.05) is 5.43 Å². The molecule has 0 radical (unpaired) electrons. The molecule has 24 heavy (non-hydrogen) atoms. The molecule has 3 rings (SSSR count). The van der Waals surface area contributed by atoms with Gasteiger partial charge >= 0.3 is 5.97 Å². The van der Waals surface area contributed by atoms with E-state index in [4.69, 9.17) is 5.11 Å². The van der Waals surface area contributed by atoms with Crippen molar-refractivity contribution in [3.63, 3.8) is 0 Å². The molecule has 0 saturated heterocycles. The number of para-hydroxylation sites is 1. The lowest BCUT2D eigenvalue weighted by Gasteiger charge is -2.09. The van der Waals surface area contributed by atoms with Gasteiger partial charge in [-0.05, 0) is 29.8 Å². The number of benzene rings is 2. The molecule has 0 atom stereocenters. The molecule has 0 saturated carbocycles. The van der Waals surface area contributed by atoms with E-state index in [1.807, 2.05) is 54.6 Å². The van der Waals surface area contributed by atoms with E-state index in [-0.39, 0.29) is 5.56 Å². The van der Waals surface area contributed by atoms with Gasteiger partial charge in [-0.2, -0.15) is 0 Å². The number of pyridine rings is 1. The van der Waals surface area contributed by atoms with Crippen molar-refractivity contribution in [3.8, 4) is 11.3 Å². The number of nitrogens with zero attached hydrogens (tertiary/aromatic N) is 1. The number of carbonyl (C=O) groups is 1. The predicted octanol–water partition coefficient (Wildman–Crippen LogP) is 3.56. The van der Waals surface area contributed by atoms with Gasteiger partial charge in [0, 0.05) is 24.0 Å². The van der Waals surface area contributed by atoms with Crippen LogP contribution >= 0.6 is 0 Å². The summed E-state index contributed by atoms with van der Waals surface area (Å²) in [7, 11) is 0. The van der Waals surface area contributed by atoms with Crippen LogP contribution in [0.15, 0.2) is 72.9 Å². The molecule has 0 fully saturated rings. The zero-order valence-electron chi connectivity index (χ0n) is 12.9. The third kappa shape index (κ3) is 3.97. The number of carboxylic acids is 1. The van der Waals surface area contributed by atoms with Crippen molar-refractivity contribution < 1.29 is 9.90 Å². The molecule has 0 spiro atoms. The van der Waals surface area contributed by atoms with Gasteiger partial charge in [0.25, 0.3) is 0 Å². The molecule has 0 aliphatic carbocycles. The fourth-order valence-electron chi connectivity index (χ4n) is 2.28. The lowest BCUT2D eigenvalue weighted by atomic mass is 10.1. The Labute approximate surface area is 140 Å². The van der Waals surface area contributed by atoms with Crippen molar-refractivity contribution >= 4 is 11.7 Å². The first-order valence-corrected chi connectivity index (χ1v) is 7.55. The van der Waals surface area contributed by atoms with Gasteiger partial charge in [0.15, 0.2) is 0 Å². The van der Waals surface area contributed by atoms with Gasteiger partial charge < -0.3 is 10.5 Å². The number of rotatable bonds is 6. The summed E-state index contributed by atoms with van der Waals surface area (Å²) in [5.74, 6) is -0.952. The van der Waals surface area contributed by atoms with Crippen molar-refractivity contribution in [1.29, 1.82) is 0 Å². The third-order valence-electron chi connectivity index (χ3n) is 3.56. The number of nitrogens with one attached hydrogen (secondary N) is 2. The lowest BCUT2D eigenvalue weighted by molar-refractivity contribution is 0.0697. The van der Waals surface area contributed by atoms with Gasteiger partial charge in [0.2, 0.25) is 0 Å². The molecular formula is C19H17N3O2. The van der Waals surface area contributed by atoms with Gasteiger partial charge in [-0.3, -0.25) is 4.98 Å². The highest BCUT2D eigenvalue weighted by molar-refractivity contribution is 5.88. The predicted molar refractivity (Wildman–Crippen MR) is 93.5 cm³/mol. The first kappa shape index (κ1) is 15.7. The summed E-state index contributed by atoms with van der Waals surface area (Å²) in [6, 6.07) is 20.8. The topological polar surface area (TPSA) is 74.2 Å². The molecule has 0 unspecified atom stereocenters. The minimum atomic E-state index is -0.952. The van der Waals surface area contributed by atoms with Gasteiger partial charge in [0.05, 0.1) is 11.3 Å². The molecule has 1 heterocycles. The quantitative estimate of drug-likeness (QED) is 0.606. The van der Waals surface area contributed by atoms with Crippen LogP contribution in [-0.2, 0) is 6.54 Å². The average molecular weight is 319 g/mol. The summed E-state index contributed by atoms with van der Waals surface area (Å²) in [5.41, 5.74) is 10.2. The van der Waals surface area contributed by atoms with Crippen molar-refractivity contribution in [2.24, 2.45) is 0 Å². The Bertz CT molecular complexity index is 818. The van der Waals surface area contributed by atoms with E-state index >= 15 is 0 Å². The first-order chi connectivity index (χ1) is 11.7. The van der Waals surface area contributed by atoms with Crippen LogP contribution < -0.4 is 10.9 Å². The Morgan fingerprint density at radius 3 is 2.46 bits per heavy atom. The second-order valence-electron chi connectivity index (χ2n) is 5.28. The Kier molecular flexibility index (Phi) is 4.84. The number of hydrazine groups is 1. The van der Waals surface area contributed by atoms with E-state index in [1.54, 1.807) is 6.07 Å². The number of carboxylic acid groups (broad SMARTS) is 1. The maximum atomic E-state index is 11.0. The Morgan fingerprint density at radius 2 is 1.75 bits per heavy atom.